The van der Waals surface area contributed by atoms with E-state index < -0.39 is 5.60 Å². The summed E-state index contributed by atoms with van der Waals surface area (Å²) in [6.07, 6.45) is 0.152. The molecule has 2 rings (SSSR count). The van der Waals surface area contributed by atoms with Gasteiger partial charge in [-0.1, -0.05) is 33.2 Å². The van der Waals surface area contributed by atoms with Crippen molar-refractivity contribution < 1.29 is 9.94 Å². The highest BCUT2D eigenvalue weighted by molar-refractivity contribution is 9.10. The third kappa shape index (κ3) is 4.80. The average molecular weight is 388 g/mol. The second-order valence-electron chi connectivity index (χ2n) is 6.16. The molecule has 0 spiro atoms. The quantitative estimate of drug-likeness (QED) is 0.630. The number of benzene rings is 1. The normalized spacial score (nSPS) is 11.9. The monoisotopic (exact) mass is 387 g/mol. The van der Waals surface area contributed by atoms with Crippen LogP contribution in [0.2, 0.25) is 0 Å². The molecule has 1 aromatic carbocycles. The van der Waals surface area contributed by atoms with Crippen LogP contribution >= 0.6 is 15.9 Å². The molecule has 0 aliphatic rings. The summed E-state index contributed by atoms with van der Waals surface area (Å²) in [4.78, 5) is 9.92. The molecule has 2 aromatic rings. The fraction of sp³-hybridized carbons (Fsp3) is 0.278. The van der Waals surface area contributed by atoms with Gasteiger partial charge in [0.15, 0.2) is 0 Å². The van der Waals surface area contributed by atoms with Crippen LogP contribution in [-0.4, -0.2) is 21.4 Å². The van der Waals surface area contributed by atoms with Gasteiger partial charge in [0, 0.05) is 10.0 Å². The Bertz CT molecular complexity index is 805. The van der Waals surface area contributed by atoms with E-state index in [0.717, 1.165) is 10.0 Å². The number of nitriles is 1. The first-order valence-corrected chi connectivity index (χ1v) is 8.18. The van der Waals surface area contributed by atoms with Gasteiger partial charge in [-0.25, -0.2) is 4.98 Å². The second-order valence-corrected chi connectivity index (χ2v) is 7.07. The highest BCUT2D eigenvalue weighted by Gasteiger charge is 2.18. The summed E-state index contributed by atoms with van der Waals surface area (Å²) in [6, 6.07) is 12.7. The Morgan fingerprint density at radius 2 is 2.08 bits per heavy atom. The molecule has 1 N–H and O–H groups in total. The molecule has 1 aromatic heterocycles. The molecule has 5 nitrogen and oxygen atoms in total. The molecule has 1 heterocycles. The zero-order chi connectivity index (χ0) is 17.7. The molecule has 0 unspecified atom stereocenters. The molecule has 0 radical (unpaired) electrons. The Labute approximate surface area is 149 Å². The van der Waals surface area contributed by atoms with Gasteiger partial charge in [-0.15, -0.1) is 0 Å². The topological polar surface area (TPSA) is 78.5 Å². The molecule has 0 aliphatic carbocycles. The van der Waals surface area contributed by atoms with E-state index in [1.807, 2.05) is 45.0 Å². The van der Waals surface area contributed by atoms with Crippen LogP contribution in [-0.2, 0) is 11.3 Å². The van der Waals surface area contributed by atoms with Crippen LogP contribution in [0.3, 0.4) is 0 Å². The van der Waals surface area contributed by atoms with E-state index in [-0.39, 0.29) is 17.9 Å². The minimum Gasteiger partial charge on any atom is -0.506 e. The van der Waals surface area contributed by atoms with Crippen LogP contribution in [0.25, 0.3) is 0 Å². The molecule has 124 valence electrons. The van der Waals surface area contributed by atoms with Gasteiger partial charge in [0.2, 0.25) is 0 Å². The van der Waals surface area contributed by atoms with Crippen molar-refractivity contribution in [2.75, 3.05) is 0 Å². The molecular formula is C18H18BrN3O2. The Morgan fingerprint density at radius 3 is 2.71 bits per heavy atom. The maximum atomic E-state index is 10.2. The number of rotatable bonds is 4. The van der Waals surface area contributed by atoms with Crippen molar-refractivity contribution in [2.45, 2.75) is 32.8 Å². The lowest BCUT2D eigenvalue weighted by Crippen LogP contribution is -2.18. The van der Waals surface area contributed by atoms with E-state index in [1.54, 1.807) is 6.07 Å². The lowest BCUT2D eigenvalue weighted by atomic mass is 10.1. The Kier molecular flexibility index (Phi) is 5.58. The Hall–Kier alpha value is -2.39. The fourth-order valence-corrected chi connectivity index (χ4v) is 2.30. The van der Waals surface area contributed by atoms with Crippen LogP contribution < -0.4 is 0 Å². The van der Waals surface area contributed by atoms with Crippen LogP contribution in [0.5, 0.6) is 5.75 Å². The van der Waals surface area contributed by atoms with E-state index in [4.69, 9.17) is 10.1 Å². The van der Waals surface area contributed by atoms with E-state index >= 15 is 0 Å². The van der Waals surface area contributed by atoms with E-state index in [1.165, 1.54) is 6.07 Å². The largest absolute Gasteiger partial charge is 0.506 e. The number of aromatic hydroxyl groups is 1. The molecule has 0 fully saturated rings. The number of aromatic nitrogens is 1. The van der Waals surface area contributed by atoms with Crippen molar-refractivity contribution in [2.24, 2.45) is 5.16 Å². The van der Waals surface area contributed by atoms with Crippen LogP contribution in [0.15, 0.2) is 46.0 Å². The van der Waals surface area contributed by atoms with E-state index in [2.05, 4.69) is 32.1 Å². The van der Waals surface area contributed by atoms with Crippen molar-refractivity contribution in [3.63, 3.8) is 0 Å². The Balaban J connectivity index is 2.58. The summed E-state index contributed by atoms with van der Waals surface area (Å²) < 4.78 is 0.871. The second kappa shape index (κ2) is 7.45. The van der Waals surface area contributed by atoms with Crippen molar-refractivity contribution in [3.8, 4) is 11.8 Å². The minimum atomic E-state index is -0.489. The smallest absolute Gasteiger partial charge is 0.143 e. The Morgan fingerprint density at radius 1 is 1.33 bits per heavy atom. The van der Waals surface area contributed by atoms with Crippen LogP contribution in [0.4, 0.5) is 0 Å². The van der Waals surface area contributed by atoms with Gasteiger partial charge in [-0.2, -0.15) is 5.26 Å². The predicted octanol–water partition coefficient (Wildman–Crippen LogP) is 4.18. The SMILES string of the molecule is CC(C)(C)O/N=C(/c1cccc(Br)c1)c1nc(CC#N)ccc1O. The standard InChI is InChI=1S/C18H18BrN3O2/c1-18(2,3)24-22-16(12-5-4-6-13(19)11-12)17-15(23)8-7-14(21-17)9-10-20/h4-8,11,23H,9H2,1-3H3/b22-16-. The summed E-state index contributed by atoms with van der Waals surface area (Å²) in [5.74, 6) is -0.0204. The number of hydrogen-bond acceptors (Lipinski definition) is 5. The molecule has 0 atom stereocenters. The third-order valence-corrected chi connectivity index (χ3v) is 3.42. The number of oxime groups is 1. The third-order valence-electron chi connectivity index (χ3n) is 2.92. The molecule has 24 heavy (non-hydrogen) atoms. The van der Waals surface area contributed by atoms with Gasteiger partial charge in [0.1, 0.15) is 22.8 Å². The fourth-order valence-electron chi connectivity index (χ4n) is 1.90. The zero-order valence-electron chi connectivity index (χ0n) is 13.7. The number of pyridine rings is 1. The van der Waals surface area contributed by atoms with Crippen molar-refractivity contribution in [1.82, 2.24) is 4.98 Å². The molecule has 0 bridgehead atoms. The van der Waals surface area contributed by atoms with Gasteiger partial charge in [-0.3, -0.25) is 0 Å². The van der Waals surface area contributed by atoms with Gasteiger partial charge >= 0.3 is 0 Å². The summed E-state index contributed by atoms with van der Waals surface area (Å²) in [5.41, 5.74) is 1.50. The molecule has 0 saturated carbocycles. The van der Waals surface area contributed by atoms with Crippen molar-refractivity contribution >= 4 is 21.6 Å². The maximum absolute atomic E-state index is 10.2. The molecule has 0 amide bonds. The van der Waals surface area contributed by atoms with Crippen molar-refractivity contribution in [3.05, 3.63) is 57.8 Å². The van der Waals surface area contributed by atoms with Gasteiger partial charge in [0.25, 0.3) is 0 Å². The lowest BCUT2D eigenvalue weighted by Gasteiger charge is -2.17. The van der Waals surface area contributed by atoms with Gasteiger partial charge < -0.3 is 9.94 Å². The highest BCUT2D eigenvalue weighted by Crippen LogP contribution is 2.23. The van der Waals surface area contributed by atoms with Crippen LogP contribution in [0.1, 0.15) is 37.7 Å². The summed E-state index contributed by atoms with van der Waals surface area (Å²) in [5, 5.41) is 23.3. The van der Waals surface area contributed by atoms with Gasteiger partial charge in [-0.05, 0) is 45.0 Å². The van der Waals surface area contributed by atoms with Crippen LogP contribution in [0, 0.1) is 11.3 Å². The summed E-state index contributed by atoms with van der Waals surface area (Å²) in [6.45, 7) is 5.65. The predicted molar refractivity (Wildman–Crippen MR) is 95.8 cm³/mol. The first-order chi connectivity index (χ1) is 11.3. The first kappa shape index (κ1) is 18.0. The van der Waals surface area contributed by atoms with Gasteiger partial charge in [0.05, 0.1) is 18.2 Å². The average Bonchev–Trinajstić information content (AvgIpc) is 2.50. The number of hydrogen-bond donors (Lipinski definition) is 1. The zero-order valence-corrected chi connectivity index (χ0v) is 15.3. The molecule has 0 saturated heterocycles. The molecule has 6 heteroatoms. The summed E-state index contributed by atoms with van der Waals surface area (Å²) in [7, 11) is 0. The number of halogens is 1. The number of nitrogens with zero attached hydrogens (tertiary/aromatic N) is 3. The minimum absolute atomic E-state index is 0.0204. The maximum Gasteiger partial charge on any atom is 0.143 e. The molecule has 0 aliphatic heterocycles. The van der Waals surface area contributed by atoms with E-state index in [9.17, 15) is 5.11 Å². The van der Waals surface area contributed by atoms with E-state index in [0.29, 0.717) is 11.4 Å². The lowest BCUT2D eigenvalue weighted by molar-refractivity contribution is 0.00111. The molecular weight excluding hydrogens is 370 g/mol. The first-order valence-electron chi connectivity index (χ1n) is 7.38. The highest BCUT2D eigenvalue weighted by atomic mass is 79.9. The van der Waals surface area contributed by atoms with Crippen molar-refractivity contribution in [1.29, 1.82) is 5.26 Å². The summed E-state index contributed by atoms with van der Waals surface area (Å²) >= 11 is 3.43.